The normalized spacial score (nSPS) is 10.5. The largest absolute Gasteiger partial charge is 0.309 e. The molecule has 4 rings (SSSR count). The summed E-state index contributed by atoms with van der Waals surface area (Å²) in [6.45, 7) is 0.0681. The van der Waals surface area contributed by atoms with Crippen molar-refractivity contribution in [2.75, 3.05) is 5.32 Å². The standard InChI is InChI=1S/C18H14N8O/c27-18(11-26-10-14(8-24-26)15-3-4-20-12-23-15)25-17-2-1-13(7-22-17)16-9-19-5-6-21-16/h1-10,12H,11H2,(H,22,25,27). The Morgan fingerprint density at radius 2 is 1.85 bits per heavy atom. The van der Waals surface area contributed by atoms with E-state index in [2.05, 4.69) is 35.3 Å². The van der Waals surface area contributed by atoms with Gasteiger partial charge in [0.1, 0.15) is 18.7 Å². The first-order chi connectivity index (χ1) is 13.3. The maximum Gasteiger partial charge on any atom is 0.247 e. The van der Waals surface area contributed by atoms with Crippen molar-refractivity contribution in [3.63, 3.8) is 0 Å². The Hall–Kier alpha value is -4.01. The summed E-state index contributed by atoms with van der Waals surface area (Å²) in [4.78, 5) is 32.7. The van der Waals surface area contributed by atoms with Crippen LogP contribution >= 0.6 is 0 Å². The average Bonchev–Trinajstić information content (AvgIpc) is 3.18. The molecule has 9 nitrogen and oxygen atoms in total. The summed E-state index contributed by atoms with van der Waals surface area (Å²) >= 11 is 0. The molecule has 0 fully saturated rings. The van der Waals surface area contributed by atoms with Crippen LogP contribution in [0.25, 0.3) is 22.5 Å². The molecule has 1 N–H and O–H groups in total. The maximum atomic E-state index is 12.2. The van der Waals surface area contributed by atoms with Crippen LogP contribution in [0.1, 0.15) is 0 Å². The van der Waals surface area contributed by atoms with Gasteiger partial charge in [0.2, 0.25) is 5.91 Å². The number of hydrogen-bond acceptors (Lipinski definition) is 7. The highest BCUT2D eigenvalue weighted by Crippen LogP contribution is 2.16. The van der Waals surface area contributed by atoms with Crippen molar-refractivity contribution in [2.45, 2.75) is 6.54 Å². The number of carbonyl (C=O) groups is 1. The second-order valence-electron chi connectivity index (χ2n) is 5.59. The molecule has 0 bridgehead atoms. The number of aromatic nitrogens is 7. The highest BCUT2D eigenvalue weighted by molar-refractivity contribution is 5.89. The molecule has 0 aliphatic carbocycles. The molecule has 0 unspecified atom stereocenters. The van der Waals surface area contributed by atoms with E-state index in [0.29, 0.717) is 5.82 Å². The molecule has 1 amide bonds. The molecule has 0 spiro atoms. The molecule has 0 aliphatic heterocycles. The van der Waals surface area contributed by atoms with E-state index in [4.69, 9.17) is 0 Å². The predicted octanol–water partition coefficient (Wildman–Crippen LogP) is 1.83. The van der Waals surface area contributed by atoms with Gasteiger partial charge in [0.15, 0.2) is 0 Å². The zero-order valence-corrected chi connectivity index (χ0v) is 14.1. The molecular formula is C18H14N8O. The molecule has 0 atom stereocenters. The Kier molecular flexibility index (Phi) is 4.56. The van der Waals surface area contributed by atoms with Crippen LogP contribution in [-0.2, 0) is 11.3 Å². The van der Waals surface area contributed by atoms with Crippen LogP contribution in [0.5, 0.6) is 0 Å². The molecule has 0 aromatic carbocycles. The Bertz CT molecular complexity index is 1030. The third-order valence-corrected chi connectivity index (χ3v) is 3.71. The fourth-order valence-corrected chi connectivity index (χ4v) is 2.44. The van der Waals surface area contributed by atoms with Crippen LogP contribution in [0.3, 0.4) is 0 Å². The van der Waals surface area contributed by atoms with E-state index in [1.165, 1.54) is 6.33 Å². The molecule has 9 heteroatoms. The highest BCUT2D eigenvalue weighted by Gasteiger charge is 2.08. The summed E-state index contributed by atoms with van der Waals surface area (Å²) in [5.41, 5.74) is 3.11. The first kappa shape index (κ1) is 16.5. The van der Waals surface area contributed by atoms with Gasteiger partial charge >= 0.3 is 0 Å². The second-order valence-corrected chi connectivity index (χ2v) is 5.59. The number of rotatable bonds is 5. The highest BCUT2D eigenvalue weighted by atomic mass is 16.2. The van der Waals surface area contributed by atoms with Crippen molar-refractivity contribution in [3.8, 4) is 22.5 Å². The van der Waals surface area contributed by atoms with E-state index < -0.39 is 0 Å². The van der Waals surface area contributed by atoms with Gasteiger partial charge in [-0.25, -0.2) is 15.0 Å². The topological polar surface area (TPSA) is 111 Å². The van der Waals surface area contributed by atoms with Crippen LogP contribution in [0.2, 0.25) is 0 Å². The van der Waals surface area contributed by atoms with Crippen LogP contribution in [0.4, 0.5) is 5.82 Å². The average molecular weight is 358 g/mol. The quantitative estimate of drug-likeness (QED) is 0.579. The minimum atomic E-state index is -0.230. The number of hydrogen-bond donors (Lipinski definition) is 1. The van der Waals surface area contributed by atoms with Gasteiger partial charge in [0.25, 0.3) is 0 Å². The van der Waals surface area contributed by atoms with Crippen LogP contribution in [0, 0.1) is 0 Å². The van der Waals surface area contributed by atoms with Gasteiger partial charge in [-0.1, -0.05) is 0 Å². The SMILES string of the molecule is O=C(Cn1cc(-c2ccncn2)cn1)Nc1ccc(-c2cnccn2)cn1. The summed E-state index contributed by atoms with van der Waals surface area (Å²) in [7, 11) is 0. The van der Waals surface area contributed by atoms with Gasteiger partial charge in [0, 0.05) is 42.1 Å². The van der Waals surface area contributed by atoms with Crippen molar-refractivity contribution in [3.05, 3.63) is 67.9 Å². The molecule has 132 valence electrons. The van der Waals surface area contributed by atoms with Gasteiger partial charge in [0.05, 0.1) is 23.8 Å². The van der Waals surface area contributed by atoms with Crippen molar-refractivity contribution in [1.29, 1.82) is 0 Å². The van der Waals surface area contributed by atoms with Crippen molar-refractivity contribution >= 4 is 11.7 Å². The fraction of sp³-hybridized carbons (Fsp3) is 0.0556. The first-order valence-electron chi connectivity index (χ1n) is 8.09. The Balaban J connectivity index is 1.39. The summed E-state index contributed by atoms with van der Waals surface area (Å²) in [6, 6.07) is 5.33. The molecule has 0 saturated heterocycles. The van der Waals surface area contributed by atoms with E-state index in [0.717, 1.165) is 22.5 Å². The number of nitrogens with zero attached hydrogens (tertiary/aromatic N) is 7. The lowest BCUT2D eigenvalue weighted by Crippen LogP contribution is -2.19. The van der Waals surface area contributed by atoms with E-state index in [-0.39, 0.29) is 12.5 Å². The van der Waals surface area contributed by atoms with Gasteiger partial charge in [-0.05, 0) is 18.2 Å². The third kappa shape index (κ3) is 3.98. The van der Waals surface area contributed by atoms with Gasteiger partial charge < -0.3 is 5.32 Å². The predicted molar refractivity (Wildman–Crippen MR) is 97.1 cm³/mol. The van der Waals surface area contributed by atoms with Crippen LogP contribution in [0.15, 0.2) is 67.9 Å². The molecule has 0 saturated carbocycles. The number of nitrogens with one attached hydrogen (secondary N) is 1. The van der Waals surface area contributed by atoms with Crippen molar-refractivity contribution in [2.24, 2.45) is 0 Å². The maximum absolute atomic E-state index is 12.2. The molecule has 4 aromatic heterocycles. The minimum absolute atomic E-state index is 0.0681. The van der Waals surface area contributed by atoms with E-state index in [1.54, 1.807) is 60.2 Å². The van der Waals surface area contributed by atoms with Crippen molar-refractivity contribution < 1.29 is 4.79 Å². The smallest absolute Gasteiger partial charge is 0.247 e. The monoisotopic (exact) mass is 358 g/mol. The van der Waals surface area contributed by atoms with E-state index in [1.807, 2.05) is 6.07 Å². The second kappa shape index (κ2) is 7.48. The molecular weight excluding hydrogens is 344 g/mol. The first-order valence-corrected chi connectivity index (χ1v) is 8.09. The lowest BCUT2D eigenvalue weighted by Gasteiger charge is -2.05. The number of pyridine rings is 1. The van der Waals surface area contributed by atoms with E-state index >= 15 is 0 Å². The molecule has 0 aliphatic rings. The molecule has 27 heavy (non-hydrogen) atoms. The van der Waals surface area contributed by atoms with Crippen molar-refractivity contribution in [1.82, 2.24) is 34.7 Å². The van der Waals surface area contributed by atoms with Gasteiger partial charge in [-0.2, -0.15) is 5.10 Å². The summed E-state index contributed by atoms with van der Waals surface area (Å²) in [5.74, 6) is 0.225. The van der Waals surface area contributed by atoms with Crippen LogP contribution < -0.4 is 5.32 Å². The van der Waals surface area contributed by atoms with Gasteiger partial charge in [-0.15, -0.1) is 0 Å². The molecule has 4 aromatic rings. The fourth-order valence-electron chi connectivity index (χ4n) is 2.44. The number of anilines is 1. The van der Waals surface area contributed by atoms with Crippen LogP contribution in [-0.4, -0.2) is 40.6 Å². The third-order valence-electron chi connectivity index (χ3n) is 3.71. The van der Waals surface area contributed by atoms with Gasteiger partial charge in [-0.3, -0.25) is 19.4 Å². The Morgan fingerprint density at radius 1 is 0.889 bits per heavy atom. The lowest BCUT2D eigenvalue weighted by atomic mass is 10.2. The summed E-state index contributed by atoms with van der Waals surface area (Å²) in [6.07, 6.45) is 13.1. The zero-order chi connectivity index (χ0) is 18.5. The Labute approximate surface area is 154 Å². The molecule has 0 radical (unpaired) electrons. The van der Waals surface area contributed by atoms with E-state index in [9.17, 15) is 4.79 Å². The number of carbonyl (C=O) groups excluding carboxylic acids is 1. The number of amides is 1. The summed E-state index contributed by atoms with van der Waals surface area (Å²) in [5, 5.41) is 6.93. The lowest BCUT2D eigenvalue weighted by molar-refractivity contribution is -0.116. The Morgan fingerprint density at radius 3 is 2.59 bits per heavy atom. The minimum Gasteiger partial charge on any atom is -0.309 e. The summed E-state index contributed by atoms with van der Waals surface area (Å²) < 4.78 is 1.54. The molecule has 4 heterocycles. The zero-order valence-electron chi connectivity index (χ0n) is 14.1.